The Bertz CT molecular complexity index is 92.2. The predicted octanol–water partition coefficient (Wildman–Crippen LogP) is 3.14. The maximum Gasteiger partial charge on any atom is -0.0348 e. The Morgan fingerprint density at radius 2 is 1.89 bits per heavy atom. The maximum atomic E-state index is 2.36. The van der Waals surface area contributed by atoms with E-state index in [-0.39, 0.29) is 0 Å². The molecule has 0 heteroatoms. The molecule has 1 atom stereocenters. The van der Waals surface area contributed by atoms with Crippen molar-refractivity contribution in [2.75, 3.05) is 0 Å². The van der Waals surface area contributed by atoms with E-state index >= 15 is 0 Å². The van der Waals surface area contributed by atoms with E-state index in [0.717, 1.165) is 5.92 Å². The zero-order valence-corrected chi connectivity index (χ0v) is 6.27. The van der Waals surface area contributed by atoms with E-state index in [1.54, 1.807) is 0 Å². The fraction of sp³-hybridized carbons (Fsp3) is 0.778. The fourth-order valence-corrected chi connectivity index (χ4v) is 1.34. The quantitative estimate of drug-likeness (QED) is 0.435. The molecule has 0 bridgehead atoms. The lowest BCUT2D eigenvalue weighted by atomic mass is 9.96. The van der Waals surface area contributed by atoms with Gasteiger partial charge < -0.3 is 0 Å². The van der Waals surface area contributed by atoms with E-state index < -0.39 is 0 Å². The molecule has 0 aromatic heterocycles. The molecule has 0 saturated carbocycles. The second-order valence-electron chi connectivity index (χ2n) is 3.08. The van der Waals surface area contributed by atoms with Crippen LogP contribution in [-0.2, 0) is 0 Å². The summed E-state index contributed by atoms with van der Waals surface area (Å²) < 4.78 is 0. The summed E-state index contributed by atoms with van der Waals surface area (Å²) in [6.07, 6.45) is 11.5. The number of hydrogen-bond donors (Lipinski definition) is 0. The molecule has 0 fully saturated rings. The number of allylic oxidation sites excluding steroid dienone is 2. The minimum Gasteiger partial charge on any atom is -0.0885 e. The standard InChI is InChI=1S/C9H16/c1-9-7-5-3-2-4-6-8-9/h2-3,9H,4-8H2,1H3/b3-2+/t9-/m1/s1. The van der Waals surface area contributed by atoms with E-state index in [1.165, 1.54) is 32.1 Å². The molecule has 0 saturated heterocycles. The summed E-state index contributed by atoms with van der Waals surface area (Å²) in [4.78, 5) is 0. The highest BCUT2D eigenvalue weighted by Gasteiger charge is 2.01. The average molecular weight is 124 g/mol. The second-order valence-corrected chi connectivity index (χ2v) is 3.08. The van der Waals surface area contributed by atoms with Gasteiger partial charge in [-0.05, 0) is 31.6 Å². The van der Waals surface area contributed by atoms with Crippen LogP contribution in [0, 0.1) is 5.92 Å². The van der Waals surface area contributed by atoms with Crippen LogP contribution < -0.4 is 0 Å². The van der Waals surface area contributed by atoms with Gasteiger partial charge in [0.15, 0.2) is 0 Å². The van der Waals surface area contributed by atoms with Crippen molar-refractivity contribution >= 4 is 0 Å². The monoisotopic (exact) mass is 124 g/mol. The summed E-state index contributed by atoms with van der Waals surface area (Å²) in [5.41, 5.74) is 0. The van der Waals surface area contributed by atoms with Gasteiger partial charge in [0.1, 0.15) is 0 Å². The van der Waals surface area contributed by atoms with E-state index in [9.17, 15) is 0 Å². The van der Waals surface area contributed by atoms with Gasteiger partial charge in [0.25, 0.3) is 0 Å². The average Bonchev–Trinajstić information content (AvgIpc) is 1.79. The summed E-state index contributed by atoms with van der Waals surface area (Å²) in [6, 6.07) is 0. The van der Waals surface area contributed by atoms with Gasteiger partial charge in [-0.15, -0.1) is 0 Å². The van der Waals surface area contributed by atoms with E-state index in [4.69, 9.17) is 0 Å². The van der Waals surface area contributed by atoms with E-state index in [2.05, 4.69) is 19.1 Å². The Balaban J connectivity index is 2.27. The molecule has 0 radical (unpaired) electrons. The summed E-state index contributed by atoms with van der Waals surface area (Å²) in [7, 11) is 0. The molecule has 0 amide bonds. The molecule has 0 spiro atoms. The molecule has 1 rings (SSSR count). The third kappa shape index (κ3) is 2.69. The lowest BCUT2D eigenvalue weighted by Crippen LogP contribution is -1.95. The van der Waals surface area contributed by atoms with Gasteiger partial charge in [0, 0.05) is 0 Å². The lowest BCUT2D eigenvalue weighted by molar-refractivity contribution is 0.474. The van der Waals surface area contributed by atoms with Crippen molar-refractivity contribution in [3.05, 3.63) is 12.2 Å². The van der Waals surface area contributed by atoms with E-state index in [0.29, 0.717) is 0 Å². The molecule has 0 nitrogen and oxygen atoms in total. The van der Waals surface area contributed by atoms with Crippen LogP contribution >= 0.6 is 0 Å². The Morgan fingerprint density at radius 1 is 1.11 bits per heavy atom. The first kappa shape index (κ1) is 6.85. The van der Waals surface area contributed by atoms with Crippen LogP contribution in [0.15, 0.2) is 12.2 Å². The maximum absolute atomic E-state index is 2.36. The highest BCUT2D eigenvalue weighted by atomic mass is 14.1. The summed E-state index contributed by atoms with van der Waals surface area (Å²) in [5.74, 6) is 0.968. The minimum atomic E-state index is 0.968. The zero-order chi connectivity index (χ0) is 6.53. The van der Waals surface area contributed by atoms with Crippen molar-refractivity contribution in [3.63, 3.8) is 0 Å². The van der Waals surface area contributed by atoms with Crippen molar-refractivity contribution < 1.29 is 0 Å². The fourth-order valence-electron chi connectivity index (χ4n) is 1.34. The molecule has 52 valence electrons. The van der Waals surface area contributed by atoms with Crippen LogP contribution in [-0.4, -0.2) is 0 Å². The van der Waals surface area contributed by atoms with Crippen molar-refractivity contribution in [1.29, 1.82) is 0 Å². The molecular weight excluding hydrogens is 108 g/mol. The first-order valence-corrected chi connectivity index (χ1v) is 4.04. The molecule has 0 aliphatic heterocycles. The highest BCUT2D eigenvalue weighted by Crippen LogP contribution is 2.16. The Kier molecular flexibility index (Phi) is 2.82. The van der Waals surface area contributed by atoms with Crippen LogP contribution in [0.2, 0.25) is 0 Å². The van der Waals surface area contributed by atoms with Crippen LogP contribution in [0.1, 0.15) is 39.0 Å². The molecule has 9 heavy (non-hydrogen) atoms. The molecule has 0 aromatic rings. The van der Waals surface area contributed by atoms with Gasteiger partial charge in [0.2, 0.25) is 0 Å². The van der Waals surface area contributed by atoms with Crippen LogP contribution in [0.4, 0.5) is 0 Å². The molecule has 1 aliphatic rings. The SMILES string of the molecule is C[C@@H]1CC/C=C/CCC1. The summed E-state index contributed by atoms with van der Waals surface area (Å²) in [6.45, 7) is 2.36. The summed E-state index contributed by atoms with van der Waals surface area (Å²) in [5, 5.41) is 0. The zero-order valence-electron chi connectivity index (χ0n) is 6.27. The normalized spacial score (nSPS) is 32.8. The van der Waals surface area contributed by atoms with Gasteiger partial charge in [-0.25, -0.2) is 0 Å². The number of rotatable bonds is 0. The van der Waals surface area contributed by atoms with Crippen LogP contribution in [0.5, 0.6) is 0 Å². The molecule has 1 aliphatic carbocycles. The topological polar surface area (TPSA) is 0 Å². The van der Waals surface area contributed by atoms with Gasteiger partial charge in [-0.3, -0.25) is 0 Å². The van der Waals surface area contributed by atoms with Gasteiger partial charge in [-0.1, -0.05) is 25.5 Å². The second kappa shape index (κ2) is 3.71. The molecule has 0 unspecified atom stereocenters. The van der Waals surface area contributed by atoms with E-state index in [1.807, 2.05) is 0 Å². The van der Waals surface area contributed by atoms with Gasteiger partial charge in [-0.2, -0.15) is 0 Å². The smallest absolute Gasteiger partial charge is 0.0348 e. The Morgan fingerprint density at radius 3 is 2.78 bits per heavy atom. The largest absolute Gasteiger partial charge is 0.0885 e. The molecule has 0 aromatic carbocycles. The lowest BCUT2D eigenvalue weighted by Gasteiger charge is -2.10. The van der Waals surface area contributed by atoms with Crippen molar-refractivity contribution in [2.24, 2.45) is 5.92 Å². The minimum absolute atomic E-state index is 0.968. The Labute approximate surface area is 58.0 Å². The third-order valence-electron chi connectivity index (χ3n) is 2.06. The Hall–Kier alpha value is -0.260. The van der Waals surface area contributed by atoms with Crippen LogP contribution in [0.25, 0.3) is 0 Å². The van der Waals surface area contributed by atoms with Crippen molar-refractivity contribution in [3.8, 4) is 0 Å². The molecule has 0 N–H and O–H groups in total. The summed E-state index contributed by atoms with van der Waals surface area (Å²) >= 11 is 0. The van der Waals surface area contributed by atoms with Gasteiger partial charge in [0.05, 0.1) is 0 Å². The van der Waals surface area contributed by atoms with Crippen molar-refractivity contribution in [2.45, 2.75) is 39.0 Å². The molecule has 0 heterocycles. The van der Waals surface area contributed by atoms with Crippen molar-refractivity contribution in [1.82, 2.24) is 0 Å². The number of hydrogen-bond acceptors (Lipinski definition) is 0. The van der Waals surface area contributed by atoms with Crippen LogP contribution in [0.3, 0.4) is 0 Å². The predicted molar refractivity (Wildman–Crippen MR) is 41.4 cm³/mol. The first-order valence-electron chi connectivity index (χ1n) is 4.04. The van der Waals surface area contributed by atoms with Gasteiger partial charge >= 0.3 is 0 Å². The molecular formula is C9H16. The third-order valence-corrected chi connectivity index (χ3v) is 2.06. The first-order chi connectivity index (χ1) is 4.39. The highest BCUT2D eigenvalue weighted by molar-refractivity contribution is 4.84.